The van der Waals surface area contributed by atoms with Crippen molar-refractivity contribution in [3.8, 4) is 5.75 Å². The molecule has 3 rings (SSSR count). The van der Waals surface area contributed by atoms with Crippen LogP contribution in [0.3, 0.4) is 0 Å². The Hall–Kier alpha value is -3.09. The summed E-state index contributed by atoms with van der Waals surface area (Å²) in [5.41, 5.74) is 1.92. The van der Waals surface area contributed by atoms with Gasteiger partial charge < -0.3 is 15.4 Å². The van der Waals surface area contributed by atoms with Crippen LogP contribution in [-0.4, -0.2) is 34.2 Å². The van der Waals surface area contributed by atoms with Gasteiger partial charge in [0, 0.05) is 12.7 Å². The molecule has 0 fully saturated rings. The number of aromatic nitrogens is 3. The second kappa shape index (κ2) is 8.14. The lowest BCUT2D eigenvalue weighted by Crippen LogP contribution is -2.37. The molecular formula is C18H22N6O. The average Bonchev–Trinajstić information content (AvgIpc) is 3.07. The van der Waals surface area contributed by atoms with Crippen LogP contribution in [-0.2, 0) is 13.1 Å². The Labute approximate surface area is 146 Å². The van der Waals surface area contributed by atoms with Gasteiger partial charge in [0.1, 0.15) is 5.75 Å². The van der Waals surface area contributed by atoms with Crippen molar-refractivity contribution < 1.29 is 4.74 Å². The highest BCUT2D eigenvalue weighted by Crippen LogP contribution is 2.13. The third kappa shape index (κ3) is 4.26. The van der Waals surface area contributed by atoms with Crippen molar-refractivity contribution in [3.05, 3.63) is 60.0 Å². The van der Waals surface area contributed by atoms with Crippen molar-refractivity contribution >= 4 is 11.6 Å². The monoisotopic (exact) mass is 338 g/mol. The predicted molar refractivity (Wildman–Crippen MR) is 97.6 cm³/mol. The molecule has 7 nitrogen and oxygen atoms in total. The zero-order chi connectivity index (χ0) is 17.5. The molecule has 2 aromatic heterocycles. The van der Waals surface area contributed by atoms with Gasteiger partial charge in [0.15, 0.2) is 17.4 Å². The Morgan fingerprint density at radius 1 is 1.16 bits per heavy atom. The highest BCUT2D eigenvalue weighted by atomic mass is 16.5. The van der Waals surface area contributed by atoms with Gasteiger partial charge in [-0.05, 0) is 36.8 Å². The summed E-state index contributed by atoms with van der Waals surface area (Å²) < 4.78 is 7.21. The first kappa shape index (κ1) is 16.8. The Balaban J connectivity index is 1.68. The van der Waals surface area contributed by atoms with E-state index in [2.05, 4.69) is 25.8 Å². The largest absolute Gasteiger partial charge is 0.497 e. The lowest BCUT2D eigenvalue weighted by Gasteiger charge is -2.11. The van der Waals surface area contributed by atoms with Crippen molar-refractivity contribution in [1.29, 1.82) is 0 Å². The number of ether oxygens (including phenoxy) is 1. The minimum Gasteiger partial charge on any atom is -0.497 e. The highest BCUT2D eigenvalue weighted by Gasteiger charge is 2.05. The standard InChI is InChI=1S/C18H22N6O/c1-3-19-18(20-12-14-7-6-8-15(11-14)25-2)21-13-17-23-22-16-9-4-5-10-24(16)17/h4-11H,3,12-13H2,1-2H3,(H2,19,20,21). The van der Waals surface area contributed by atoms with Crippen molar-refractivity contribution in [2.75, 3.05) is 13.7 Å². The van der Waals surface area contributed by atoms with Crippen LogP contribution >= 0.6 is 0 Å². The van der Waals surface area contributed by atoms with Crippen LogP contribution in [0, 0.1) is 0 Å². The molecule has 3 aromatic rings. The third-order valence-corrected chi connectivity index (χ3v) is 3.70. The highest BCUT2D eigenvalue weighted by molar-refractivity contribution is 5.79. The molecule has 0 atom stereocenters. The normalized spacial score (nSPS) is 11.5. The summed E-state index contributed by atoms with van der Waals surface area (Å²) in [6.07, 6.45) is 1.95. The maximum Gasteiger partial charge on any atom is 0.191 e. The first-order valence-corrected chi connectivity index (χ1v) is 8.24. The van der Waals surface area contributed by atoms with Crippen LogP contribution in [0.2, 0.25) is 0 Å². The number of nitrogens with one attached hydrogen (secondary N) is 2. The molecule has 130 valence electrons. The van der Waals surface area contributed by atoms with Crippen molar-refractivity contribution in [2.45, 2.75) is 20.0 Å². The molecule has 0 saturated heterocycles. The number of hydrogen-bond donors (Lipinski definition) is 2. The molecule has 0 spiro atoms. The number of benzene rings is 1. The number of guanidine groups is 1. The Kier molecular flexibility index (Phi) is 5.46. The van der Waals surface area contributed by atoms with Crippen LogP contribution in [0.4, 0.5) is 0 Å². The number of methoxy groups -OCH3 is 1. The number of rotatable bonds is 6. The van der Waals surface area contributed by atoms with Gasteiger partial charge >= 0.3 is 0 Å². The Morgan fingerprint density at radius 3 is 2.92 bits per heavy atom. The number of hydrogen-bond acceptors (Lipinski definition) is 4. The molecular weight excluding hydrogens is 316 g/mol. The number of nitrogens with zero attached hydrogens (tertiary/aromatic N) is 4. The van der Waals surface area contributed by atoms with Gasteiger partial charge in [0.2, 0.25) is 0 Å². The first-order chi connectivity index (χ1) is 12.3. The number of pyridine rings is 1. The fourth-order valence-corrected chi connectivity index (χ4v) is 2.46. The Bertz CT molecular complexity index is 857. The van der Waals surface area contributed by atoms with Gasteiger partial charge in [-0.15, -0.1) is 10.2 Å². The lowest BCUT2D eigenvalue weighted by molar-refractivity contribution is 0.414. The van der Waals surface area contributed by atoms with E-state index in [0.29, 0.717) is 13.1 Å². The summed E-state index contributed by atoms with van der Waals surface area (Å²) >= 11 is 0. The molecule has 0 saturated carbocycles. The molecule has 1 aromatic carbocycles. The van der Waals surface area contributed by atoms with E-state index in [9.17, 15) is 0 Å². The van der Waals surface area contributed by atoms with E-state index >= 15 is 0 Å². The quantitative estimate of drug-likeness (QED) is 0.531. The van der Waals surface area contributed by atoms with E-state index in [1.54, 1.807) is 7.11 Å². The average molecular weight is 338 g/mol. The predicted octanol–water partition coefficient (Wildman–Crippen LogP) is 1.99. The van der Waals surface area contributed by atoms with Crippen LogP contribution in [0.5, 0.6) is 5.75 Å². The summed E-state index contributed by atoms with van der Waals surface area (Å²) in [6, 6.07) is 13.7. The van der Waals surface area contributed by atoms with E-state index in [0.717, 1.165) is 35.3 Å². The lowest BCUT2D eigenvalue weighted by atomic mass is 10.2. The molecule has 2 heterocycles. The Morgan fingerprint density at radius 2 is 2.08 bits per heavy atom. The summed E-state index contributed by atoms with van der Waals surface area (Å²) in [6.45, 7) is 3.92. The molecule has 0 radical (unpaired) electrons. The van der Waals surface area contributed by atoms with Crippen LogP contribution in [0.1, 0.15) is 18.3 Å². The number of aliphatic imine (C=N–C) groups is 1. The maximum atomic E-state index is 5.25. The summed E-state index contributed by atoms with van der Waals surface area (Å²) in [5.74, 6) is 2.40. The van der Waals surface area contributed by atoms with Gasteiger partial charge in [-0.2, -0.15) is 0 Å². The van der Waals surface area contributed by atoms with E-state index in [1.165, 1.54) is 0 Å². The third-order valence-electron chi connectivity index (χ3n) is 3.70. The van der Waals surface area contributed by atoms with Gasteiger partial charge in [0.25, 0.3) is 0 Å². The van der Waals surface area contributed by atoms with E-state index in [-0.39, 0.29) is 0 Å². The van der Waals surface area contributed by atoms with Crippen LogP contribution < -0.4 is 15.4 Å². The molecule has 0 bridgehead atoms. The molecule has 25 heavy (non-hydrogen) atoms. The minimum atomic E-state index is 0.537. The number of fused-ring (bicyclic) bond motifs is 1. The smallest absolute Gasteiger partial charge is 0.191 e. The SMILES string of the molecule is CCNC(=NCc1cccc(OC)c1)NCc1nnc2ccccn12. The molecule has 0 unspecified atom stereocenters. The molecule has 2 N–H and O–H groups in total. The van der Waals surface area contributed by atoms with E-state index in [1.807, 2.05) is 60.0 Å². The zero-order valence-electron chi connectivity index (χ0n) is 14.4. The molecule has 7 heteroatoms. The van der Waals surface area contributed by atoms with Crippen molar-refractivity contribution in [2.24, 2.45) is 4.99 Å². The van der Waals surface area contributed by atoms with Gasteiger partial charge in [-0.1, -0.05) is 18.2 Å². The summed E-state index contributed by atoms with van der Waals surface area (Å²) in [4.78, 5) is 4.62. The molecule has 0 aliphatic heterocycles. The second-order valence-electron chi connectivity index (χ2n) is 5.45. The molecule has 0 amide bonds. The fourth-order valence-electron chi connectivity index (χ4n) is 2.46. The van der Waals surface area contributed by atoms with E-state index < -0.39 is 0 Å². The van der Waals surface area contributed by atoms with Gasteiger partial charge in [-0.3, -0.25) is 4.40 Å². The van der Waals surface area contributed by atoms with E-state index in [4.69, 9.17) is 4.74 Å². The molecule has 0 aliphatic rings. The summed E-state index contributed by atoms with van der Waals surface area (Å²) in [5, 5.41) is 14.9. The zero-order valence-corrected chi connectivity index (χ0v) is 14.4. The second-order valence-corrected chi connectivity index (χ2v) is 5.45. The van der Waals surface area contributed by atoms with Crippen molar-refractivity contribution in [1.82, 2.24) is 25.2 Å². The first-order valence-electron chi connectivity index (χ1n) is 8.24. The molecule has 0 aliphatic carbocycles. The van der Waals surface area contributed by atoms with Crippen LogP contribution in [0.15, 0.2) is 53.7 Å². The van der Waals surface area contributed by atoms with Crippen molar-refractivity contribution in [3.63, 3.8) is 0 Å². The minimum absolute atomic E-state index is 0.537. The van der Waals surface area contributed by atoms with Gasteiger partial charge in [-0.25, -0.2) is 4.99 Å². The van der Waals surface area contributed by atoms with Gasteiger partial charge in [0.05, 0.1) is 20.2 Å². The summed E-state index contributed by atoms with van der Waals surface area (Å²) in [7, 11) is 1.66. The topological polar surface area (TPSA) is 75.8 Å². The van der Waals surface area contributed by atoms with Crippen LogP contribution in [0.25, 0.3) is 5.65 Å². The fraction of sp³-hybridized carbons (Fsp3) is 0.278. The maximum absolute atomic E-state index is 5.25.